The van der Waals surface area contributed by atoms with Crippen LogP contribution in [0.4, 0.5) is 0 Å². The Hall–Kier alpha value is -1.48. The van der Waals surface area contributed by atoms with Crippen LogP contribution < -0.4 is 0 Å². The Morgan fingerprint density at radius 1 is 1.00 bits per heavy atom. The Morgan fingerprint density at radius 3 is 2.38 bits per heavy atom. The van der Waals surface area contributed by atoms with Crippen LogP contribution >= 0.6 is 11.6 Å². The van der Waals surface area contributed by atoms with E-state index in [1.807, 2.05) is 32.9 Å². The molecule has 2 aromatic rings. The second kappa shape index (κ2) is 4.18. The average Bonchev–Trinajstić information content (AvgIpc) is 2.28. The average molecular weight is 234 g/mol. The number of pyridine rings is 1. The zero-order valence-corrected chi connectivity index (χ0v) is 10.2. The van der Waals surface area contributed by atoms with E-state index in [9.17, 15) is 0 Å². The molecule has 0 fully saturated rings. The number of hydrogen-bond donors (Lipinski definition) is 0. The SMILES string of the molecule is Cc1ccc(-c2nnc(Cl)c(C)c2C)cn1. The fourth-order valence-corrected chi connectivity index (χ4v) is 1.64. The summed E-state index contributed by atoms with van der Waals surface area (Å²) in [6.45, 7) is 5.89. The van der Waals surface area contributed by atoms with Gasteiger partial charge in [0.05, 0.1) is 5.69 Å². The van der Waals surface area contributed by atoms with Crippen LogP contribution in [0.3, 0.4) is 0 Å². The maximum Gasteiger partial charge on any atom is 0.154 e. The molecular formula is C12H12ClN3. The van der Waals surface area contributed by atoms with Gasteiger partial charge in [0, 0.05) is 17.5 Å². The normalized spacial score (nSPS) is 10.5. The molecule has 0 aromatic carbocycles. The van der Waals surface area contributed by atoms with Gasteiger partial charge < -0.3 is 0 Å². The van der Waals surface area contributed by atoms with Crippen LogP contribution in [-0.4, -0.2) is 15.2 Å². The van der Waals surface area contributed by atoms with Crippen LogP contribution in [0.1, 0.15) is 16.8 Å². The predicted octanol–water partition coefficient (Wildman–Crippen LogP) is 3.12. The summed E-state index contributed by atoms with van der Waals surface area (Å²) in [5, 5.41) is 8.50. The van der Waals surface area contributed by atoms with Crippen molar-refractivity contribution in [2.24, 2.45) is 0 Å². The first-order valence-electron chi connectivity index (χ1n) is 5.02. The summed E-state index contributed by atoms with van der Waals surface area (Å²) >= 11 is 5.91. The van der Waals surface area contributed by atoms with E-state index in [4.69, 9.17) is 11.6 Å². The molecule has 2 aromatic heterocycles. The minimum absolute atomic E-state index is 0.460. The van der Waals surface area contributed by atoms with Crippen LogP contribution in [0, 0.1) is 20.8 Å². The van der Waals surface area contributed by atoms with E-state index in [2.05, 4.69) is 15.2 Å². The van der Waals surface area contributed by atoms with E-state index < -0.39 is 0 Å². The summed E-state index contributed by atoms with van der Waals surface area (Å²) in [5.41, 5.74) is 4.81. The van der Waals surface area contributed by atoms with E-state index in [-0.39, 0.29) is 0 Å². The lowest BCUT2D eigenvalue weighted by molar-refractivity contribution is 1.00. The van der Waals surface area contributed by atoms with E-state index in [0.717, 1.165) is 28.1 Å². The van der Waals surface area contributed by atoms with E-state index in [1.54, 1.807) is 6.20 Å². The number of aromatic nitrogens is 3. The van der Waals surface area contributed by atoms with Gasteiger partial charge in [-0.3, -0.25) is 4.98 Å². The summed E-state index contributed by atoms with van der Waals surface area (Å²) in [7, 11) is 0. The second-order valence-corrected chi connectivity index (χ2v) is 4.14. The van der Waals surface area contributed by atoms with Crippen molar-refractivity contribution in [1.29, 1.82) is 0 Å². The predicted molar refractivity (Wildman–Crippen MR) is 64.5 cm³/mol. The summed E-state index contributed by atoms with van der Waals surface area (Å²) in [4.78, 5) is 4.25. The zero-order valence-electron chi connectivity index (χ0n) is 9.45. The van der Waals surface area contributed by atoms with Crippen LogP contribution in [0.15, 0.2) is 18.3 Å². The van der Waals surface area contributed by atoms with Crippen molar-refractivity contribution in [3.63, 3.8) is 0 Å². The molecule has 2 rings (SSSR count). The van der Waals surface area contributed by atoms with Gasteiger partial charge in [-0.15, -0.1) is 10.2 Å². The van der Waals surface area contributed by atoms with Gasteiger partial charge in [0.15, 0.2) is 5.15 Å². The summed E-state index contributed by atoms with van der Waals surface area (Å²) in [5.74, 6) is 0. The Bertz CT molecular complexity index is 521. The van der Waals surface area contributed by atoms with Gasteiger partial charge in [-0.2, -0.15) is 0 Å². The van der Waals surface area contributed by atoms with Gasteiger partial charge >= 0.3 is 0 Å². The molecule has 0 aliphatic carbocycles. The monoisotopic (exact) mass is 233 g/mol. The molecule has 0 saturated heterocycles. The molecule has 0 radical (unpaired) electrons. The van der Waals surface area contributed by atoms with E-state index in [1.165, 1.54) is 0 Å². The first-order valence-corrected chi connectivity index (χ1v) is 5.40. The molecule has 82 valence electrons. The third-order valence-electron chi connectivity index (χ3n) is 2.65. The van der Waals surface area contributed by atoms with Gasteiger partial charge in [-0.05, 0) is 44.0 Å². The molecule has 3 nitrogen and oxygen atoms in total. The van der Waals surface area contributed by atoms with Crippen molar-refractivity contribution in [3.8, 4) is 11.3 Å². The highest BCUT2D eigenvalue weighted by Gasteiger charge is 2.09. The number of aryl methyl sites for hydroxylation is 1. The van der Waals surface area contributed by atoms with Crippen LogP contribution in [0.25, 0.3) is 11.3 Å². The van der Waals surface area contributed by atoms with Crippen molar-refractivity contribution in [1.82, 2.24) is 15.2 Å². The van der Waals surface area contributed by atoms with Gasteiger partial charge in [-0.25, -0.2) is 0 Å². The minimum Gasteiger partial charge on any atom is -0.261 e. The molecule has 0 atom stereocenters. The van der Waals surface area contributed by atoms with E-state index >= 15 is 0 Å². The molecule has 0 spiro atoms. The van der Waals surface area contributed by atoms with Crippen molar-refractivity contribution in [2.45, 2.75) is 20.8 Å². The number of rotatable bonds is 1. The Labute approximate surface area is 99.5 Å². The first-order chi connectivity index (χ1) is 7.59. The highest BCUT2D eigenvalue weighted by atomic mass is 35.5. The molecule has 2 heterocycles. The summed E-state index contributed by atoms with van der Waals surface area (Å²) in [6.07, 6.45) is 1.81. The largest absolute Gasteiger partial charge is 0.261 e. The highest BCUT2D eigenvalue weighted by molar-refractivity contribution is 6.30. The lowest BCUT2D eigenvalue weighted by atomic mass is 10.1. The van der Waals surface area contributed by atoms with Crippen molar-refractivity contribution >= 4 is 11.6 Å². The maximum absolute atomic E-state index is 5.91. The highest BCUT2D eigenvalue weighted by Crippen LogP contribution is 2.25. The number of halogens is 1. The van der Waals surface area contributed by atoms with Gasteiger partial charge in [0.2, 0.25) is 0 Å². The zero-order chi connectivity index (χ0) is 11.7. The summed E-state index contributed by atoms with van der Waals surface area (Å²) < 4.78 is 0. The molecule has 0 N–H and O–H groups in total. The smallest absolute Gasteiger partial charge is 0.154 e. The van der Waals surface area contributed by atoms with Crippen molar-refractivity contribution in [2.75, 3.05) is 0 Å². The molecule has 0 aliphatic rings. The van der Waals surface area contributed by atoms with Crippen LogP contribution in [-0.2, 0) is 0 Å². The fraction of sp³-hybridized carbons (Fsp3) is 0.250. The molecular weight excluding hydrogens is 222 g/mol. The lowest BCUT2D eigenvalue weighted by Gasteiger charge is -2.07. The van der Waals surface area contributed by atoms with Gasteiger partial charge in [0.1, 0.15) is 0 Å². The third-order valence-corrected chi connectivity index (χ3v) is 3.01. The third kappa shape index (κ3) is 1.91. The standard InChI is InChI=1S/C12H12ClN3/c1-7-4-5-10(6-14-7)11-8(2)9(3)12(13)16-15-11/h4-6H,1-3H3. The molecule has 4 heteroatoms. The maximum atomic E-state index is 5.91. The quantitative estimate of drug-likeness (QED) is 0.760. The molecule has 0 aliphatic heterocycles. The van der Waals surface area contributed by atoms with Crippen molar-refractivity contribution in [3.05, 3.63) is 40.3 Å². The van der Waals surface area contributed by atoms with Gasteiger partial charge in [0.25, 0.3) is 0 Å². The molecule has 0 bridgehead atoms. The number of hydrogen-bond acceptors (Lipinski definition) is 3. The number of nitrogens with zero attached hydrogens (tertiary/aromatic N) is 3. The topological polar surface area (TPSA) is 38.7 Å². The first kappa shape index (κ1) is 11.0. The van der Waals surface area contributed by atoms with Crippen LogP contribution in [0.2, 0.25) is 5.15 Å². The molecule has 16 heavy (non-hydrogen) atoms. The minimum atomic E-state index is 0.460. The Morgan fingerprint density at radius 2 is 1.75 bits per heavy atom. The fourth-order valence-electron chi connectivity index (χ4n) is 1.46. The van der Waals surface area contributed by atoms with Crippen molar-refractivity contribution < 1.29 is 0 Å². The molecule has 0 saturated carbocycles. The van der Waals surface area contributed by atoms with Crippen LogP contribution in [0.5, 0.6) is 0 Å². The van der Waals surface area contributed by atoms with Gasteiger partial charge in [-0.1, -0.05) is 11.6 Å². The second-order valence-electron chi connectivity index (χ2n) is 3.78. The Kier molecular flexibility index (Phi) is 2.88. The van der Waals surface area contributed by atoms with E-state index in [0.29, 0.717) is 5.15 Å². The summed E-state index contributed by atoms with van der Waals surface area (Å²) in [6, 6.07) is 3.95. The Balaban J connectivity index is 2.57. The molecule has 0 unspecified atom stereocenters. The molecule has 0 amide bonds. The lowest BCUT2D eigenvalue weighted by Crippen LogP contribution is -1.97.